The molecule has 3 amide bonds. The van der Waals surface area contributed by atoms with Crippen molar-refractivity contribution in [2.75, 3.05) is 31.5 Å². The number of hydrogen-bond acceptors (Lipinski definition) is 4. The van der Waals surface area contributed by atoms with Crippen molar-refractivity contribution in [3.05, 3.63) is 54.1 Å². The molecule has 2 N–H and O–H groups in total. The molecule has 3 aliphatic rings. The van der Waals surface area contributed by atoms with E-state index in [0.29, 0.717) is 44.6 Å². The predicted octanol–water partition coefficient (Wildman–Crippen LogP) is 2.90. The molecule has 1 aliphatic heterocycles. The van der Waals surface area contributed by atoms with Crippen LogP contribution in [0.5, 0.6) is 0 Å². The topological polar surface area (TPSA) is 90.0 Å². The summed E-state index contributed by atoms with van der Waals surface area (Å²) in [5, 5.41) is 13.3. The molecule has 0 bridgehead atoms. The van der Waals surface area contributed by atoms with E-state index in [1.54, 1.807) is 9.80 Å². The molecule has 0 aromatic heterocycles. The van der Waals surface area contributed by atoms with E-state index >= 15 is 0 Å². The molecule has 2 aliphatic carbocycles. The van der Waals surface area contributed by atoms with Crippen molar-refractivity contribution < 1.29 is 19.5 Å². The maximum Gasteiger partial charge on any atom is 0.254 e. The van der Waals surface area contributed by atoms with E-state index in [-0.39, 0.29) is 23.6 Å². The second-order valence-electron chi connectivity index (χ2n) is 9.39. The summed E-state index contributed by atoms with van der Waals surface area (Å²) in [5.74, 6) is -0.0131. The number of benzene rings is 2. The molecular weight excluding hydrogens is 418 g/mol. The Hall–Kier alpha value is -3.19. The van der Waals surface area contributed by atoms with Crippen LogP contribution >= 0.6 is 0 Å². The third kappa shape index (κ3) is 4.50. The zero-order valence-electron chi connectivity index (χ0n) is 18.6. The fourth-order valence-corrected chi connectivity index (χ4v) is 4.49. The molecule has 2 aromatic carbocycles. The van der Waals surface area contributed by atoms with Crippen molar-refractivity contribution in [1.82, 2.24) is 9.80 Å². The van der Waals surface area contributed by atoms with Gasteiger partial charge in [0.25, 0.3) is 11.8 Å². The first-order valence-corrected chi connectivity index (χ1v) is 11.8. The van der Waals surface area contributed by atoms with E-state index in [1.165, 1.54) is 0 Å². The van der Waals surface area contributed by atoms with Gasteiger partial charge in [0, 0.05) is 43.3 Å². The van der Waals surface area contributed by atoms with Gasteiger partial charge in [-0.15, -0.1) is 0 Å². The summed E-state index contributed by atoms with van der Waals surface area (Å²) in [4.78, 5) is 40.9. The van der Waals surface area contributed by atoms with Crippen LogP contribution in [0.25, 0.3) is 11.1 Å². The molecule has 1 saturated heterocycles. The fraction of sp³-hybridized carbons (Fsp3) is 0.423. The van der Waals surface area contributed by atoms with Gasteiger partial charge >= 0.3 is 0 Å². The fourth-order valence-electron chi connectivity index (χ4n) is 4.49. The van der Waals surface area contributed by atoms with E-state index < -0.39 is 5.60 Å². The molecule has 33 heavy (non-hydrogen) atoms. The minimum atomic E-state index is -1.18. The number of nitrogens with one attached hydrogen (secondary N) is 1. The molecule has 172 valence electrons. The monoisotopic (exact) mass is 447 g/mol. The first-order chi connectivity index (χ1) is 15.9. The lowest BCUT2D eigenvalue weighted by molar-refractivity contribution is -0.161. The zero-order valence-corrected chi connectivity index (χ0v) is 18.6. The Labute approximate surface area is 193 Å². The SMILES string of the molecule is O=C(Nc1cccc(-c2ccc(C(=O)N3CCN(C(=O)C4(O)CCC4)CC3)cc2)c1)C1CC1. The van der Waals surface area contributed by atoms with Gasteiger partial charge in [-0.25, -0.2) is 0 Å². The van der Waals surface area contributed by atoms with Crippen LogP contribution in [0.2, 0.25) is 0 Å². The van der Waals surface area contributed by atoms with Gasteiger partial charge in [-0.1, -0.05) is 24.3 Å². The summed E-state index contributed by atoms with van der Waals surface area (Å²) < 4.78 is 0. The Bertz CT molecular complexity index is 1070. The average Bonchev–Trinajstić information content (AvgIpc) is 3.68. The van der Waals surface area contributed by atoms with Crippen molar-refractivity contribution in [3.63, 3.8) is 0 Å². The standard InChI is InChI=1S/C26H29N3O4/c30-23(19-7-8-19)27-22-4-1-3-21(17-22)18-5-9-20(10-6-18)24(31)28-13-15-29(16-14-28)25(32)26(33)11-2-12-26/h1,3-6,9-10,17,19,33H,2,7-8,11-16H2,(H,27,30). The number of amides is 3. The predicted molar refractivity (Wildman–Crippen MR) is 125 cm³/mol. The molecule has 7 heteroatoms. The molecule has 0 unspecified atom stereocenters. The third-order valence-electron chi connectivity index (χ3n) is 6.98. The Morgan fingerprint density at radius 2 is 1.55 bits per heavy atom. The molecule has 5 rings (SSSR count). The Morgan fingerprint density at radius 1 is 0.879 bits per heavy atom. The molecule has 1 heterocycles. The molecule has 0 radical (unpaired) electrons. The van der Waals surface area contributed by atoms with Crippen molar-refractivity contribution in [2.24, 2.45) is 5.92 Å². The summed E-state index contributed by atoms with van der Waals surface area (Å²) >= 11 is 0. The highest BCUT2D eigenvalue weighted by molar-refractivity contribution is 5.96. The maximum absolute atomic E-state index is 13.0. The Balaban J connectivity index is 1.20. The third-order valence-corrected chi connectivity index (χ3v) is 6.98. The maximum atomic E-state index is 13.0. The van der Waals surface area contributed by atoms with Crippen LogP contribution in [0.3, 0.4) is 0 Å². The number of nitrogens with zero attached hydrogens (tertiary/aromatic N) is 2. The van der Waals surface area contributed by atoms with Crippen LogP contribution in [0.4, 0.5) is 5.69 Å². The molecule has 7 nitrogen and oxygen atoms in total. The first-order valence-electron chi connectivity index (χ1n) is 11.8. The van der Waals surface area contributed by atoms with Crippen LogP contribution in [-0.2, 0) is 9.59 Å². The van der Waals surface area contributed by atoms with Crippen molar-refractivity contribution in [2.45, 2.75) is 37.7 Å². The van der Waals surface area contributed by atoms with E-state index in [9.17, 15) is 19.5 Å². The molecule has 3 fully saturated rings. The molecule has 2 saturated carbocycles. The van der Waals surface area contributed by atoms with Crippen molar-refractivity contribution >= 4 is 23.4 Å². The number of carbonyl (C=O) groups excluding carboxylic acids is 3. The van der Waals surface area contributed by atoms with Crippen LogP contribution < -0.4 is 5.32 Å². The van der Waals surface area contributed by atoms with Gasteiger partial charge in [0.15, 0.2) is 0 Å². The van der Waals surface area contributed by atoms with Crippen LogP contribution in [0.1, 0.15) is 42.5 Å². The van der Waals surface area contributed by atoms with Crippen LogP contribution in [0, 0.1) is 5.92 Å². The lowest BCUT2D eigenvalue weighted by Gasteiger charge is -2.42. The van der Waals surface area contributed by atoms with E-state index in [1.807, 2.05) is 48.5 Å². The lowest BCUT2D eigenvalue weighted by atomic mass is 9.79. The quantitative estimate of drug-likeness (QED) is 0.738. The van der Waals surface area contributed by atoms with Crippen LogP contribution in [-0.4, -0.2) is 64.4 Å². The number of rotatable bonds is 5. The number of hydrogen-bond donors (Lipinski definition) is 2. The van der Waals surface area contributed by atoms with Gasteiger partial charge in [0.1, 0.15) is 5.60 Å². The van der Waals surface area contributed by atoms with E-state index in [4.69, 9.17) is 0 Å². The second kappa shape index (κ2) is 8.63. The average molecular weight is 448 g/mol. The van der Waals surface area contributed by atoms with Crippen molar-refractivity contribution in [3.8, 4) is 11.1 Å². The Morgan fingerprint density at radius 3 is 2.15 bits per heavy atom. The number of piperazine rings is 1. The van der Waals surface area contributed by atoms with E-state index in [2.05, 4.69) is 5.32 Å². The number of anilines is 1. The van der Waals surface area contributed by atoms with Gasteiger partial charge < -0.3 is 20.2 Å². The number of carbonyl (C=O) groups is 3. The summed E-state index contributed by atoms with van der Waals surface area (Å²) in [7, 11) is 0. The van der Waals surface area contributed by atoms with Crippen molar-refractivity contribution in [1.29, 1.82) is 0 Å². The normalized spacial score (nSPS) is 19.5. The molecule has 0 spiro atoms. The first kappa shape index (κ1) is 21.6. The highest BCUT2D eigenvalue weighted by Crippen LogP contribution is 2.34. The minimum Gasteiger partial charge on any atom is -0.380 e. The smallest absolute Gasteiger partial charge is 0.254 e. The van der Waals surface area contributed by atoms with Crippen LogP contribution in [0.15, 0.2) is 48.5 Å². The molecular formula is C26H29N3O4. The Kier molecular flexibility index (Phi) is 5.66. The summed E-state index contributed by atoms with van der Waals surface area (Å²) in [6.07, 6.45) is 3.89. The zero-order chi connectivity index (χ0) is 23.0. The summed E-state index contributed by atoms with van der Waals surface area (Å²) in [6.45, 7) is 1.82. The van der Waals surface area contributed by atoms with Gasteiger partial charge in [-0.05, 0) is 67.5 Å². The van der Waals surface area contributed by atoms with Gasteiger partial charge in [0.2, 0.25) is 5.91 Å². The molecule has 0 atom stereocenters. The van der Waals surface area contributed by atoms with Gasteiger partial charge in [-0.2, -0.15) is 0 Å². The van der Waals surface area contributed by atoms with E-state index in [0.717, 1.165) is 36.1 Å². The van der Waals surface area contributed by atoms with Gasteiger partial charge in [0.05, 0.1) is 0 Å². The lowest BCUT2D eigenvalue weighted by Crippen LogP contribution is -2.58. The highest BCUT2D eigenvalue weighted by atomic mass is 16.3. The van der Waals surface area contributed by atoms with Gasteiger partial charge in [-0.3, -0.25) is 14.4 Å². The largest absolute Gasteiger partial charge is 0.380 e. The summed E-state index contributed by atoms with van der Waals surface area (Å²) in [5.41, 5.74) is 2.15. The second-order valence-corrected chi connectivity index (χ2v) is 9.39. The highest BCUT2D eigenvalue weighted by Gasteiger charge is 2.45. The molecule has 2 aromatic rings. The summed E-state index contributed by atoms with van der Waals surface area (Å²) in [6, 6.07) is 15.2. The number of aliphatic hydroxyl groups is 1. The minimum absolute atomic E-state index is 0.0542.